The van der Waals surface area contributed by atoms with Gasteiger partial charge in [0.1, 0.15) is 0 Å². The van der Waals surface area contributed by atoms with E-state index in [2.05, 4.69) is 47.7 Å². The molecule has 0 unspecified atom stereocenters. The standard InChI is InChI=1S/C31H42N2O/c1-7-13-28(14-8-2)31(32-9-3)23-30(26(6)34)25(5)22-29-17-16-27(21-24(29)4)15-12-20-33-18-10-11-19-33/h7-8,13-14,16-17,21-23H,1,9-12,15,18-20H2,2-6H3/b14-8-,25-22+,28-13+,30-23-,32-31+. The van der Waals surface area contributed by atoms with Crippen LogP contribution in [-0.4, -0.2) is 42.6 Å². The van der Waals surface area contributed by atoms with Crippen LogP contribution < -0.4 is 0 Å². The topological polar surface area (TPSA) is 32.7 Å². The third kappa shape index (κ3) is 8.53. The van der Waals surface area contributed by atoms with Gasteiger partial charge >= 0.3 is 0 Å². The van der Waals surface area contributed by atoms with Gasteiger partial charge in [-0.3, -0.25) is 9.79 Å². The van der Waals surface area contributed by atoms with Gasteiger partial charge in [-0.05, 0) is 114 Å². The van der Waals surface area contributed by atoms with Gasteiger partial charge in [0, 0.05) is 12.1 Å². The number of ketones is 1. The van der Waals surface area contributed by atoms with Crippen LogP contribution in [0.25, 0.3) is 6.08 Å². The first-order valence-electron chi connectivity index (χ1n) is 12.6. The van der Waals surface area contributed by atoms with Crippen molar-refractivity contribution in [3.8, 4) is 0 Å². The number of rotatable bonds is 12. The van der Waals surface area contributed by atoms with Crippen molar-refractivity contribution in [1.29, 1.82) is 0 Å². The summed E-state index contributed by atoms with van der Waals surface area (Å²) in [6.07, 6.45) is 16.7. The Morgan fingerprint density at radius 1 is 1.21 bits per heavy atom. The lowest BCUT2D eigenvalue weighted by Gasteiger charge is -2.14. The second-order valence-corrected chi connectivity index (χ2v) is 9.00. The summed E-state index contributed by atoms with van der Waals surface area (Å²) in [7, 11) is 0. The molecule has 0 atom stereocenters. The zero-order chi connectivity index (χ0) is 24.9. The number of likely N-dealkylation sites (tertiary alicyclic amines) is 1. The molecule has 0 N–H and O–H groups in total. The van der Waals surface area contributed by atoms with Crippen molar-refractivity contribution in [3.05, 3.63) is 88.6 Å². The van der Waals surface area contributed by atoms with Crippen LogP contribution in [0.3, 0.4) is 0 Å². The van der Waals surface area contributed by atoms with Gasteiger partial charge in [-0.25, -0.2) is 0 Å². The summed E-state index contributed by atoms with van der Waals surface area (Å²) in [6, 6.07) is 6.71. The van der Waals surface area contributed by atoms with Crippen molar-refractivity contribution in [1.82, 2.24) is 4.90 Å². The molecule has 0 bridgehead atoms. The van der Waals surface area contributed by atoms with Crippen LogP contribution in [0.2, 0.25) is 0 Å². The summed E-state index contributed by atoms with van der Waals surface area (Å²) in [5.41, 5.74) is 7.14. The summed E-state index contributed by atoms with van der Waals surface area (Å²) in [4.78, 5) is 19.8. The molecule has 0 radical (unpaired) electrons. The minimum atomic E-state index is 0.0344. The fourth-order valence-electron chi connectivity index (χ4n) is 4.43. The Bertz CT molecular complexity index is 998. The molecule has 3 heteroatoms. The van der Waals surface area contributed by atoms with E-state index in [4.69, 9.17) is 0 Å². The van der Waals surface area contributed by atoms with E-state index in [-0.39, 0.29) is 5.78 Å². The number of nitrogens with zero attached hydrogens (tertiary/aromatic N) is 2. The number of aryl methyl sites for hydroxylation is 2. The lowest BCUT2D eigenvalue weighted by molar-refractivity contribution is -0.113. The molecular weight excluding hydrogens is 416 g/mol. The van der Waals surface area contributed by atoms with Crippen LogP contribution in [0, 0.1) is 6.92 Å². The highest BCUT2D eigenvalue weighted by Crippen LogP contribution is 2.21. The predicted octanol–water partition coefficient (Wildman–Crippen LogP) is 7.09. The molecule has 0 aliphatic carbocycles. The molecule has 0 aromatic heterocycles. The quantitative estimate of drug-likeness (QED) is 0.190. The number of allylic oxidation sites excluding steroid dienone is 8. The molecule has 0 spiro atoms. The van der Waals surface area contributed by atoms with Crippen LogP contribution in [0.4, 0.5) is 0 Å². The number of hydrogen-bond donors (Lipinski definition) is 0. The van der Waals surface area contributed by atoms with Gasteiger partial charge in [-0.2, -0.15) is 0 Å². The molecule has 3 nitrogen and oxygen atoms in total. The summed E-state index contributed by atoms with van der Waals surface area (Å²) < 4.78 is 0. The van der Waals surface area contributed by atoms with E-state index in [9.17, 15) is 4.79 Å². The van der Waals surface area contributed by atoms with Gasteiger partial charge in [0.15, 0.2) is 5.78 Å². The molecule has 34 heavy (non-hydrogen) atoms. The molecule has 1 aliphatic rings. The van der Waals surface area contributed by atoms with E-state index in [1.54, 1.807) is 13.0 Å². The van der Waals surface area contributed by atoms with Gasteiger partial charge in [-0.1, -0.05) is 55.2 Å². The summed E-state index contributed by atoms with van der Waals surface area (Å²) >= 11 is 0. The van der Waals surface area contributed by atoms with E-state index in [1.807, 2.05) is 45.1 Å². The second-order valence-electron chi connectivity index (χ2n) is 9.00. The zero-order valence-electron chi connectivity index (χ0n) is 21.9. The van der Waals surface area contributed by atoms with Crippen molar-refractivity contribution < 1.29 is 4.79 Å². The van der Waals surface area contributed by atoms with Crippen molar-refractivity contribution >= 4 is 17.6 Å². The Balaban J connectivity index is 2.25. The van der Waals surface area contributed by atoms with E-state index in [1.165, 1.54) is 50.0 Å². The molecule has 0 amide bonds. The molecule has 0 saturated carbocycles. The lowest BCUT2D eigenvalue weighted by Crippen LogP contribution is -2.20. The van der Waals surface area contributed by atoms with Crippen LogP contribution in [0.1, 0.15) is 63.6 Å². The maximum absolute atomic E-state index is 12.6. The zero-order valence-corrected chi connectivity index (χ0v) is 21.9. The van der Waals surface area contributed by atoms with Crippen LogP contribution in [0.5, 0.6) is 0 Å². The molecular formula is C31H42N2O. The van der Waals surface area contributed by atoms with Crippen LogP contribution in [-0.2, 0) is 11.2 Å². The van der Waals surface area contributed by atoms with Gasteiger partial charge in [0.05, 0.1) is 5.71 Å². The van der Waals surface area contributed by atoms with Gasteiger partial charge in [0.25, 0.3) is 0 Å². The highest BCUT2D eigenvalue weighted by atomic mass is 16.1. The first kappa shape index (κ1) is 27.5. The van der Waals surface area contributed by atoms with Gasteiger partial charge in [-0.15, -0.1) is 0 Å². The average molecular weight is 459 g/mol. The lowest BCUT2D eigenvalue weighted by atomic mass is 9.95. The Morgan fingerprint density at radius 3 is 2.53 bits per heavy atom. The molecule has 1 aliphatic heterocycles. The molecule has 2 rings (SSSR count). The number of aliphatic imine (C=N–C) groups is 1. The normalized spacial score (nSPS) is 16.5. The van der Waals surface area contributed by atoms with Gasteiger partial charge < -0.3 is 4.90 Å². The summed E-state index contributed by atoms with van der Waals surface area (Å²) in [5, 5.41) is 0. The largest absolute Gasteiger partial charge is 0.303 e. The first-order chi connectivity index (χ1) is 16.4. The fraction of sp³-hybridized carbons (Fsp3) is 0.419. The predicted molar refractivity (Wildman–Crippen MR) is 149 cm³/mol. The monoisotopic (exact) mass is 458 g/mol. The summed E-state index contributed by atoms with van der Waals surface area (Å²) in [6.45, 7) is 17.9. The van der Waals surface area contributed by atoms with Gasteiger partial charge in [0.2, 0.25) is 0 Å². The van der Waals surface area contributed by atoms with Crippen LogP contribution >= 0.6 is 0 Å². The number of benzene rings is 1. The maximum atomic E-state index is 12.6. The van der Waals surface area contributed by atoms with E-state index in [0.29, 0.717) is 12.1 Å². The number of carbonyl (C=O) groups is 1. The number of hydrogen-bond acceptors (Lipinski definition) is 3. The molecule has 1 aromatic rings. The third-order valence-electron chi connectivity index (χ3n) is 6.20. The molecule has 182 valence electrons. The van der Waals surface area contributed by atoms with Crippen molar-refractivity contribution in [2.75, 3.05) is 26.2 Å². The molecule has 1 heterocycles. The van der Waals surface area contributed by atoms with E-state index in [0.717, 1.165) is 28.8 Å². The highest BCUT2D eigenvalue weighted by molar-refractivity contribution is 6.15. The molecule has 1 fully saturated rings. The van der Waals surface area contributed by atoms with Crippen molar-refractivity contribution in [2.24, 2.45) is 4.99 Å². The smallest absolute Gasteiger partial charge is 0.160 e. The van der Waals surface area contributed by atoms with Crippen molar-refractivity contribution in [2.45, 2.75) is 60.3 Å². The van der Waals surface area contributed by atoms with Crippen molar-refractivity contribution in [3.63, 3.8) is 0 Å². The minimum Gasteiger partial charge on any atom is -0.303 e. The van der Waals surface area contributed by atoms with E-state index >= 15 is 0 Å². The summed E-state index contributed by atoms with van der Waals surface area (Å²) in [5.74, 6) is 0.0344. The molecule has 1 aromatic carbocycles. The average Bonchev–Trinajstić information content (AvgIpc) is 3.31. The Labute approximate surface area is 207 Å². The minimum absolute atomic E-state index is 0.0344. The number of carbonyl (C=O) groups excluding carboxylic acids is 1. The Kier molecular flexibility index (Phi) is 11.7. The maximum Gasteiger partial charge on any atom is 0.160 e. The molecule has 1 saturated heterocycles. The number of Topliss-reactive ketones (excluding diaryl/α,β-unsaturated/α-hetero) is 1. The highest BCUT2D eigenvalue weighted by Gasteiger charge is 2.12. The third-order valence-corrected chi connectivity index (χ3v) is 6.20. The van der Waals surface area contributed by atoms with E-state index < -0.39 is 0 Å². The Hall–Kier alpha value is -2.78. The SMILES string of the molecule is C=C/C=C(\C=C/C)C(/C=C(C(C)=O)/C(C)=C/c1ccc(CCCN2CCCC2)cc1C)=N/CC. The fourth-order valence-corrected chi connectivity index (χ4v) is 4.43. The van der Waals surface area contributed by atoms with Crippen LogP contribution in [0.15, 0.2) is 76.9 Å². The Morgan fingerprint density at radius 2 is 1.94 bits per heavy atom. The first-order valence-corrected chi connectivity index (χ1v) is 12.6. The second kappa shape index (κ2) is 14.5.